The van der Waals surface area contributed by atoms with Crippen LogP contribution in [0.2, 0.25) is 10.0 Å². The van der Waals surface area contributed by atoms with E-state index in [0.29, 0.717) is 30.1 Å². The van der Waals surface area contributed by atoms with Gasteiger partial charge in [-0.1, -0.05) is 23.2 Å². The molecular weight excluding hydrogens is 369 g/mol. The molecule has 0 bridgehead atoms. The van der Waals surface area contributed by atoms with Crippen LogP contribution in [0.1, 0.15) is 16.8 Å². The van der Waals surface area contributed by atoms with E-state index in [1.165, 1.54) is 6.07 Å². The highest BCUT2D eigenvalue weighted by molar-refractivity contribution is 7.98. The average molecular weight is 392 g/mol. The summed E-state index contributed by atoms with van der Waals surface area (Å²) >= 11 is 13.5. The second kappa shape index (κ2) is 10.8. The van der Waals surface area contributed by atoms with Crippen LogP contribution in [0.5, 0.6) is 0 Å². The molecule has 1 atom stereocenters. The zero-order chi connectivity index (χ0) is 18.1. The first-order chi connectivity index (χ1) is 11.4. The number of thioether (sulfide) groups is 1. The van der Waals surface area contributed by atoms with Gasteiger partial charge >= 0.3 is 0 Å². The van der Waals surface area contributed by atoms with Crippen LogP contribution in [0, 0.1) is 0 Å². The van der Waals surface area contributed by atoms with E-state index in [1.807, 2.05) is 13.3 Å². The molecule has 0 fully saturated rings. The van der Waals surface area contributed by atoms with E-state index in [-0.39, 0.29) is 16.8 Å². The fourth-order valence-electron chi connectivity index (χ4n) is 2.06. The molecule has 0 saturated carbocycles. The molecule has 0 aromatic heterocycles. The molecule has 0 radical (unpaired) electrons. The van der Waals surface area contributed by atoms with Gasteiger partial charge in [0.2, 0.25) is 5.91 Å². The molecule has 0 aliphatic rings. The third kappa shape index (κ3) is 6.51. The quantitative estimate of drug-likeness (QED) is 0.678. The number of halogens is 2. The Balaban J connectivity index is 2.84. The van der Waals surface area contributed by atoms with E-state index >= 15 is 0 Å². The van der Waals surface area contributed by atoms with E-state index in [2.05, 4.69) is 10.6 Å². The Morgan fingerprint density at radius 2 is 2.04 bits per heavy atom. The number of rotatable bonds is 9. The minimum atomic E-state index is -0.585. The molecule has 0 saturated heterocycles. The van der Waals surface area contributed by atoms with Gasteiger partial charge in [0.1, 0.15) is 6.04 Å². The van der Waals surface area contributed by atoms with Crippen molar-refractivity contribution in [3.05, 3.63) is 33.8 Å². The van der Waals surface area contributed by atoms with Crippen molar-refractivity contribution in [1.82, 2.24) is 15.5 Å². The molecule has 1 unspecified atom stereocenters. The highest BCUT2D eigenvalue weighted by Crippen LogP contribution is 2.21. The molecule has 0 aliphatic carbocycles. The van der Waals surface area contributed by atoms with Crippen LogP contribution in [-0.2, 0) is 4.79 Å². The van der Waals surface area contributed by atoms with Gasteiger partial charge in [0, 0.05) is 25.2 Å². The molecule has 1 rings (SSSR count). The molecule has 0 spiro atoms. The number of nitrogens with zero attached hydrogens (tertiary/aromatic N) is 1. The maximum atomic E-state index is 12.6. The number of carbonyl (C=O) groups is 2. The van der Waals surface area contributed by atoms with Crippen molar-refractivity contribution in [1.29, 1.82) is 0 Å². The van der Waals surface area contributed by atoms with Gasteiger partial charge in [-0.25, -0.2) is 0 Å². The van der Waals surface area contributed by atoms with Gasteiger partial charge in [-0.3, -0.25) is 9.59 Å². The maximum Gasteiger partial charge on any atom is 0.253 e. The molecule has 2 N–H and O–H groups in total. The largest absolute Gasteiger partial charge is 0.343 e. The Labute approximate surface area is 157 Å². The summed E-state index contributed by atoms with van der Waals surface area (Å²) in [5, 5.41) is 6.51. The normalized spacial score (nSPS) is 11.9. The van der Waals surface area contributed by atoms with Gasteiger partial charge in [0.05, 0.1) is 10.6 Å². The van der Waals surface area contributed by atoms with Gasteiger partial charge in [0.25, 0.3) is 5.91 Å². The maximum absolute atomic E-state index is 12.6. The van der Waals surface area contributed by atoms with Crippen LogP contribution < -0.4 is 10.6 Å². The van der Waals surface area contributed by atoms with E-state index in [9.17, 15) is 9.59 Å². The third-order valence-corrected chi connectivity index (χ3v) is 4.66. The number of amides is 2. The third-order valence-electron chi connectivity index (χ3n) is 3.46. The van der Waals surface area contributed by atoms with Crippen LogP contribution in [0.3, 0.4) is 0 Å². The van der Waals surface area contributed by atoms with Crippen LogP contribution in [-0.4, -0.2) is 61.9 Å². The van der Waals surface area contributed by atoms with E-state index in [4.69, 9.17) is 23.2 Å². The van der Waals surface area contributed by atoms with Gasteiger partial charge in [0.15, 0.2) is 0 Å². The molecule has 24 heavy (non-hydrogen) atoms. The van der Waals surface area contributed by atoms with E-state index in [1.54, 1.807) is 35.8 Å². The summed E-state index contributed by atoms with van der Waals surface area (Å²) < 4.78 is 0. The Hall–Kier alpha value is -0.950. The van der Waals surface area contributed by atoms with Gasteiger partial charge in [-0.2, -0.15) is 11.8 Å². The summed E-state index contributed by atoms with van der Waals surface area (Å²) in [4.78, 5) is 26.7. The standard InChI is InChI=1S/C16H23Cl2N3O2S/c1-19-7-8-21(2)16(23)14(6-9-24-3)20-15(22)12-5-4-11(17)10-13(12)18/h4-5,10,14,19H,6-9H2,1-3H3,(H,20,22). The molecule has 8 heteroatoms. The SMILES string of the molecule is CNCCN(C)C(=O)C(CCSC)NC(=O)c1ccc(Cl)cc1Cl. The molecule has 134 valence electrons. The Morgan fingerprint density at radius 3 is 2.62 bits per heavy atom. The Bertz CT molecular complexity index is 572. The lowest BCUT2D eigenvalue weighted by Gasteiger charge is -2.24. The number of carbonyl (C=O) groups excluding carboxylic acids is 2. The van der Waals surface area contributed by atoms with E-state index in [0.717, 1.165) is 5.75 Å². The van der Waals surface area contributed by atoms with Gasteiger partial charge < -0.3 is 15.5 Å². The smallest absolute Gasteiger partial charge is 0.253 e. The van der Waals surface area contributed by atoms with Crippen molar-refractivity contribution < 1.29 is 9.59 Å². The van der Waals surface area contributed by atoms with E-state index < -0.39 is 6.04 Å². The predicted octanol–water partition coefficient (Wildman–Crippen LogP) is 2.52. The summed E-state index contributed by atoms with van der Waals surface area (Å²) in [6, 6.07) is 4.08. The van der Waals surface area contributed by atoms with Crippen molar-refractivity contribution in [3.8, 4) is 0 Å². The number of nitrogens with one attached hydrogen (secondary N) is 2. The number of hydrogen-bond acceptors (Lipinski definition) is 4. The molecule has 0 heterocycles. The number of hydrogen-bond donors (Lipinski definition) is 2. The minimum absolute atomic E-state index is 0.113. The van der Waals surface area contributed by atoms with Crippen molar-refractivity contribution in [2.24, 2.45) is 0 Å². The molecule has 5 nitrogen and oxygen atoms in total. The van der Waals surface area contributed by atoms with Crippen LogP contribution in [0.25, 0.3) is 0 Å². The minimum Gasteiger partial charge on any atom is -0.343 e. The van der Waals surface area contributed by atoms with Crippen molar-refractivity contribution >= 4 is 46.8 Å². The predicted molar refractivity (Wildman–Crippen MR) is 102 cm³/mol. The summed E-state index contributed by atoms with van der Waals surface area (Å²) in [5.74, 6) is 0.279. The monoisotopic (exact) mass is 391 g/mol. The molecule has 0 aliphatic heterocycles. The Morgan fingerprint density at radius 1 is 1.33 bits per heavy atom. The molecule has 2 amide bonds. The van der Waals surface area contributed by atoms with Gasteiger partial charge in [-0.05, 0) is 43.7 Å². The first-order valence-electron chi connectivity index (χ1n) is 7.55. The summed E-state index contributed by atoms with van der Waals surface area (Å²) in [6.07, 6.45) is 2.52. The number of likely N-dealkylation sites (N-methyl/N-ethyl adjacent to an activating group) is 2. The first-order valence-corrected chi connectivity index (χ1v) is 9.70. The van der Waals surface area contributed by atoms with Crippen LogP contribution in [0.15, 0.2) is 18.2 Å². The highest BCUT2D eigenvalue weighted by atomic mass is 35.5. The second-order valence-electron chi connectivity index (χ2n) is 5.30. The summed E-state index contributed by atoms with van der Waals surface area (Å²) in [6.45, 7) is 1.26. The van der Waals surface area contributed by atoms with Crippen molar-refractivity contribution in [2.45, 2.75) is 12.5 Å². The topological polar surface area (TPSA) is 61.4 Å². The van der Waals surface area contributed by atoms with Crippen LogP contribution >= 0.6 is 35.0 Å². The Kier molecular flexibility index (Phi) is 9.51. The summed E-state index contributed by atoms with van der Waals surface area (Å²) in [7, 11) is 3.56. The van der Waals surface area contributed by atoms with Crippen molar-refractivity contribution in [3.63, 3.8) is 0 Å². The molecule has 1 aromatic carbocycles. The van der Waals surface area contributed by atoms with Crippen LogP contribution in [0.4, 0.5) is 0 Å². The fourth-order valence-corrected chi connectivity index (χ4v) is 3.02. The zero-order valence-corrected chi connectivity index (χ0v) is 16.4. The highest BCUT2D eigenvalue weighted by Gasteiger charge is 2.24. The summed E-state index contributed by atoms with van der Waals surface area (Å²) in [5.41, 5.74) is 0.306. The molecular formula is C16H23Cl2N3O2S. The fraction of sp³-hybridized carbons (Fsp3) is 0.500. The average Bonchev–Trinajstić information content (AvgIpc) is 2.55. The zero-order valence-electron chi connectivity index (χ0n) is 14.1. The van der Waals surface area contributed by atoms with Crippen molar-refractivity contribution in [2.75, 3.05) is 39.2 Å². The lowest BCUT2D eigenvalue weighted by molar-refractivity contribution is -0.131. The molecule has 1 aromatic rings. The lowest BCUT2D eigenvalue weighted by atomic mass is 10.1. The first kappa shape index (κ1) is 21.1. The number of benzene rings is 1. The second-order valence-corrected chi connectivity index (χ2v) is 7.12. The lowest BCUT2D eigenvalue weighted by Crippen LogP contribution is -2.48. The van der Waals surface area contributed by atoms with Gasteiger partial charge in [-0.15, -0.1) is 0 Å².